The topological polar surface area (TPSA) is 75.3 Å². The van der Waals surface area contributed by atoms with Crippen LogP contribution in [0.25, 0.3) is 0 Å². The molecule has 0 saturated heterocycles. The van der Waals surface area contributed by atoms with Crippen LogP contribution in [0.5, 0.6) is 0 Å². The van der Waals surface area contributed by atoms with Crippen molar-refractivity contribution >= 4 is 34.9 Å². The van der Waals surface area contributed by atoms with E-state index in [1.54, 1.807) is 48.5 Å². The summed E-state index contributed by atoms with van der Waals surface area (Å²) >= 11 is 5.78. The molecule has 0 atom stereocenters. The number of carbonyl (C=O) groups excluding carboxylic acids is 3. The second-order valence-corrected chi connectivity index (χ2v) is 6.20. The number of anilines is 1. The quantitative estimate of drug-likeness (QED) is 0.593. The maximum absolute atomic E-state index is 12.0. The number of hydrogen-bond acceptors (Lipinski definition) is 3. The average molecular weight is 383 g/mol. The summed E-state index contributed by atoms with van der Waals surface area (Å²) in [4.78, 5) is 34.7. The Morgan fingerprint density at radius 3 is 2.26 bits per heavy atom. The zero-order valence-corrected chi connectivity index (χ0v) is 15.6. The molecule has 0 bridgehead atoms. The molecule has 0 heterocycles. The summed E-state index contributed by atoms with van der Waals surface area (Å²) in [6, 6.07) is 13.7. The van der Waals surface area contributed by atoms with Crippen LogP contribution in [0.15, 0.2) is 48.5 Å². The first-order valence-corrected chi connectivity index (χ1v) is 8.74. The number of halogens is 1. The summed E-state index contributed by atoms with van der Waals surface area (Å²) in [7, 11) is 0. The highest BCUT2D eigenvalue weighted by atomic mass is 35.5. The molecule has 0 aliphatic heterocycles. The van der Waals surface area contributed by atoms with Crippen LogP contribution in [0.1, 0.15) is 35.7 Å². The van der Waals surface area contributed by atoms with Crippen LogP contribution >= 0.6 is 11.6 Å². The lowest BCUT2D eigenvalue weighted by Crippen LogP contribution is -2.24. The number of amides is 2. The Morgan fingerprint density at radius 1 is 0.963 bits per heavy atom. The number of rotatable bonds is 6. The number of ketones is 1. The second kappa shape index (κ2) is 10.1. The molecule has 6 heteroatoms. The molecule has 2 aromatic rings. The van der Waals surface area contributed by atoms with E-state index in [1.807, 2.05) is 0 Å². The van der Waals surface area contributed by atoms with Gasteiger partial charge < -0.3 is 10.6 Å². The van der Waals surface area contributed by atoms with Crippen molar-refractivity contribution in [3.8, 4) is 11.8 Å². The van der Waals surface area contributed by atoms with Gasteiger partial charge in [-0.2, -0.15) is 0 Å². The first-order valence-electron chi connectivity index (χ1n) is 8.36. The maximum atomic E-state index is 12.0. The lowest BCUT2D eigenvalue weighted by molar-refractivity contribution is -0.120. The predicted molar refractivity (Wildman–Crippen MR) is 106 cm³/mol. The minimum atomic E-state index is -0.229. The van der Waals surface area contributed by atoms with E-state index in [4.69, 9.17) is 11.6 Å². The minimum absolute atomic E-state index is 0.104. The van der Waals surface area contributed by atoms with Crippen LogP contribution < -0.4 is 10.6 Å². The molecular weight excluding hydrogens is 364 g/mol. The van der Waals surface area contributed by atoms with Crippen molar-refractivity contribution in [3.63, 3.8) is 0 Å². The molecule has 2 aromatic carbocycles. The Labute approximate surface area is 163 Å². The molecular formula is C21H19ClN2O3. The number of benzene rings is 2. The number of hydrogen-bond donors (Lipinski definition) is 2. The molecule has 0 aromatic heterocycles. The molecule has 0 aliphatic carbocycles. The smallest absolute Gasteiger partial charge is 0.221 e. The van der Waals surface area contributed by atoms with Crippen molar-refractivity contribution < 1.29 is 14.4 Å². The van der Waals surface area contributed by atoms with Gasteiger partial charge >= 0.3 is 0 Å². The number of carbonyl (C=O) groups is 3. The van der Waals surface area contributed by atoms with Crippen molar-refractivity contribution in [2.45, 2.75) is 19.8 Å². The van der Waals surface area contributed by atoms with Gasteiger partial charge in [0, 0.05) is 41.6 Å². The van der Waals surface area contributed by atoms with Crippen LogP contribution in [0, 0.1) is 11.8 Å². The number of Topliss-reactive ketones (excluding diaryl/α,β-unsaturated/α-hetero) is 1. The van der Waals surface area contributed by atoms with Gasteiger partial charge in [-0.3, -0.25) is 14.4 Å². The molecule has 0 fully saturated rings. The minimum Gasteiger partial charge on any atom is -0.345 e. The van der Waals surface area contributed by atoms with Crippen LogP contribution in [-0.4, -0.2) is 24.1 Å². The van der Waals surface area contributed by atoms with Crippen molar-refractivity contribution in [3.05, 3.63) is 64.7 Å². The monoisotopic (exact) mass is 382 g/mol. The highest BCUT2D eigenvalue weighted by Gasteiger charge is 2.08. The fraction of sp³-hybridized carbons (Fsp3) is 0.190. The van der Waals surface area contributed by atoms with E-state index in [0.29, 0.717) is 16.3 Å². The third kappa shape index (κ3) is 7.35. The largest absolute Gasteiger partial charge is 0.345 e. The van der Waals surface area contributed by atoms with E-state index in [1.165, 1.54) is 6.92 Å². The zero-order chi connectivity index (χ0) is 19.6. The van der Waals surface area contributed by atoms with Gasteiger partial charge in [-0.05, 0) is 48.5 Å². The number of nitrogens with one attached hydrogen (secondary N) is 2. The SMILES string of the molecule is CC(=O)Nc1ccc(C#CCNC(=O)CCC(=O)c2ccc(Cl)cc2)cc1. The van der Waals surface area contributed by atoms with Crippen molar-refractivity contribution in [1.82, 2.24) is 5.32 Å². The predicted octanol–water partition coefficient (Wildman–Crippen LogP) is 3.43. The molecule has 138 valence electrons. The summed E-state index contributed by atoms with van der Waals surface area (Å²) in [5.74, 6) is 5.30. The first kappa shape index (κ1) is 20.2. The van der Waals surface area contributed by atoms with Crippen LogP contribution in [0.3, 0.4) is 0 Å². The summed E-state index contributed by atoms with van der Waals surface area (Å²) < 4.78 is 0. The molecule has 0 aliphatic rings. The molecule has 2 amide bonds. The van der Waals surface area contributed by atoms with E-state index < -0.39 is 0 Å². The van der Waals surface area contributed by atoms with E-state index in [9.17, 15) is 14.4 Å². The van der Waals surface area contributed by atoms with Gasteiger partial charge in [0.15, 0.2) is 5.78 Å². The fourth-order valence-electron chi connectivity index (χ4n) is 2.22. The summed E-state index contributed by atoms with van der Waals surface area (Å²) in [6.07, 6.45) is 0.236. The Kier molecular flexibility index (Phi) is 7.60. The lowest BCUT2D eigenvalue weighted by Gasteiger charge is -2.02. The van der Waals surface area contributed by atoms with E-state index in [-0.39, 0.29) is 37.0 Å². The zero-order valence-electron chi connectivity index (χ0n) is 14.8. The standard InChI is InChI=1S/C21H19ClN2O3/c1-15(25)24-19-10-4-16(5-11-19)3-2-14-23-21(27)13-12-20(26)17-6-8-18(22)9-7-17/h4-11H,12-14H2,1H3,(H,23,27)(H,24,25). The lowest BCUT2D eigenvalue weighted by atomic mass is 10.1. The van der Waals surface area contributed by atoms with Gasteiger partial charge in [-0.15, -0.1) is 0 Å². The van der Waals surface area contributed by atoms with Gasteiger partial charge in [-0.1, -0.05) is 23.4 Å². The molecule has 0 saturated carbocycles. The molecule has 5 nitrogen and oxygen atoms in total. The summed E-state index contributed by atoms with van der Waals surface area (Å²) in [5.41, 5.74) is 2.01. The van der Waals surface area contributed by atoms with Crippen molar-refractivity contribution in [1.29, 1.82) is 0 Å². The highest BCUT2D eigenvalue weighted by molar-refractivity contribution is 6.30. The molecule has 2 N–H and O–H groups in total. The van der Waals surface area contributed by atoms with Crippen LogP contribution in [0.2, 0.25) is 5.02 Å². The molecule has 0 radical (unpaired) electrons. The van der Waals surface area contributed by atoms with Gasteiger partial charge in [0.25, 0.3) is 0 Å². The molecule has 0 spiro atoms. The fourth-order valence-corrected chi connectivity index (χ4v) is 2.35. The van der Waals surface area contributed by atoms with E-state index in [0.717, 1.165) is 5.56 Å². The van der Waals surface area contributed by atoms with Gasteiger partial charge in [0.1, 0.15) is 0 Å². The Bertz CT molecular complexity index is 878. The van der Waals surface area contributed by atoms with Crippen molar-refractivity contribution in [2.24, 2.45) is 0 Å². The van der Waals surface area contributed by atoms with E-state index >= 15 is 0 Å². The van der Waals surface area contributed by atoms with Crippen LogP contribution in [-0.2, 0) is 9.59 Å². The Hall–Kier alpha value is -3.10. The normalized spacial score (nSPS) is 9.70. The van der Waals surface area contributed by atoms with Gasteiger partial charge in [-0.25, -0.2) is 0 Å². The summed E-state index contributed by atoms with van der Waals surface area (Å²) in [5, 5.41) is 5.90. The average Bonchev–Trinajstić information content (AvgIpc) is 2.64. The third-order valence-corrected chi connectivity index (χ3v) is 3.81. The first-order chi connectivity index (χ1) is 12.9. The van der Waals surface area contributed by atoms with Gasteiger partial charge in [0.2, 0.25) is 11.8 Å². The van der Waals surface area contributed by atoms with E-state index in [2.05, 4.69) is 22.5 Å². The summed E-state index contributed by atoms with van der Waals surface area (Å²) in [6.45, 7) is 1.64. The maximum Gasteiger partial charge on any atom is 0.221 e. The van der Waals surface area contributed by atoms with Crippen molar-refractivity contribution in [2.75, 3.05) is 11.9 Å². The Morgan fingerprint density at radius 2 is 1.63 bits per heavy atom. The Balaban J connectivity index is 1.73. The molecule has 27 heavy (non-hydrogen) atoms. The molecule has 0 unspecified atom stereocenters. The third-order valence-electron chi connectivity index (χ3n) is 3.56. The molecule has 2 rings (SSSR count). The van der Waals surface area contributed by atoms with Gasteiger partial charge in [0.05, 0.1) is 6.54 Å². The van der Waals surface area contributed by atoms with Crippen LogP contribution in [0.4, 0.5) is 5.69 Å². The second-order valence-electron chi connectivity index (χ2n) is 5.77. The highest BCUT2D eigenvalue weighted by Crippen LogP contribution is 2.12.